The number of hydrogen-bond acceptors (Lipinski definition) is 3. The van der Waals surface area contributed by atoms with Crippen LogP contribution in [0.3, 0.4) is 0 Å². The average Bonchev–Trinajstić information content (AvgIpc) is 3.25. The van der Waals surface area contributed by atoms with Gasteiger partial charge in [0.15, 0.2) is 0 Å². The number of hydrogen-bond donors (Lipinski definition) is 1. The maximum Gasteiger partial charge on any atom is 0.410 e. The number of carbonyl (C=O) groups is 1. The highest BCUT2D eigenvalue weighted by molar-refractivity contribution is 5.70. The molecule has 1 fully saturated rings. The fourth-order valence-electron chi connectivity index (χ4n) is 4.27. The van der Waals surface area contributed by atoms with E-state index in [1.54, 1.807) is 4.90 Å². The first-order chi connectivity index (χ1) is 14.2. The second kappa shape index (κ2) is 8.50. The Morgan fingerprint density at radius 3 is 2.17 bits per heavy atom. The third kappa shape index (κ3) is 3.76. The Balaban J connectivity index is 1.67. The Kier molecular flexibility index (Phi) is 5.63. The van der Waals surface area contributed by atoms with Crippen molar-refractivity contribution in [2.75, 3.05) is 6.54 Å². The van der Waals surface area contributed by atoms with Crippen molar-refractivity contribution in [3.63, 3.8) is 0 Å². The van der Waals surface area contributed by atoms with Crippen LogP contribution in [0.5, 0.6) is 0 Å². The van der Waals surface area contributed by atoms with E-state index < -0.39 is 17.7 Å². The molecule has 2 atom stereocenters. The van der Waals surface area contributed by atoms with Gasteiger partial charge in [-0.25, -0.2) is 4.79 Å². The number of aliphatic hydroxyl groups excluding tert-OH is 1. The molecule has 3 aromatic carbocycles. The van der Waals surface area contributed by atoms with Crippen LogP contribution in [0.1, 0.15) is 35.6 Å². The summed E-state index contributed by atoms with van der Waals surface area (Å²) in [5.74, 6) is 0. The highest BCUT2D eigenvalue weighted by Gasteiger charge is 2.51. The highest BCUT2D eigenvalue weighted by atomic mass is 16.6. The fraction of sp³-hybridized carbons (Fsp3) is 0.240. The lowest BCUT2D eigenvalue weighted by Crippen LogP contribution is -2.49. The molecule has 1 saturated heterocycles. The molecule has 1 aliphatic heterocycles. The number of amides is 1. The minimum absolute atomic E-state index is 0.211. The molecule has 3 aromatic rings. The summed E-state index contributed by atoms with van der Waals surface area (Å²) in [7, 11) is 0. The molecule has 0 aromatic heterocycles. The van der Waals surface area contributed by atoms with Crippen LogP contribution in [0.4, 0.5) is 4.79 Å². The molecule has 4 rings (SSSR count). The fourth-order valence-corrected chi connectivity index (χ4v) is 4.27. The van der Waals surface area contributed by atoms with E-state index in [9.17, 15) is 9.90 Å². The number of carbonyl (C=O) groups excluding carboxylic acids is 1. The minimum Gasteiger partial charge on any atom is -0.445 e. The van der Waals surface area contributed by atoms with Gasteiger partial charge < -0.3 is 9.84 Å². The van der Waals surface area contributed by atoms with Gasteiger partial charge in [-0.15, -0.1) is 0 Å². The Bertz CT molecular complexity index is 930. The maximum absolute atomic E-state index is 13.1. The lowest BCUT2D eigenvalue weighted by Gasteiger charge is -2.42. The van der Waals surface area contributed by atoms with Gasteiger partial charge in [-0.3, -0.25) is 4.90 Å². The number of benzene rings is 3. The molecule has 0 spiro atoms. The molecule has 1 heterocycles. The van der Waals surface area contributed by atoms with E-state index >= 15 is 0 Å². The van der Waals surface area contributed by atoms with Crippen molar-refractivity contribution in [3.05, 3.63) is 108 Å². The number of likely N-dealkylation sites (tertiary alicyclic amines) is 1. The highest BCUT2D eigenvalue weighted by Crippen LogP contribution is 2.48. The van der Waals surface area contributed by atoms with Gasteiger partial charge in [0.2, 0.25) is 0 Å². The van der Waals surface area contributed by atoms with Crippen LogP contribution in [0.15, 0.2) is 91.0 Å². The summed E-state index contributed by atoms with van der Waals surface area (Å²) in [5, 5.41) is 11.5. The molecule has 148 valence electrons. The van der Waals surface area contributed by atoms with Crippen LogP contribution < -0.4 is 0 Å². The van der Waals surface area contributed by atoms with Crippen molar-refractivity contribution in [3.8, 4) is 0 Å². The predicted octanol–water partition coefficient (Wildman–Crippen LogP) is 5.05. The molecule has 4 heteroatoms. The average molecular weight is 387 g/mol. The molecule has 0 saturated carbocycles. The summed E-state index contributed by atoms with van der Waals surface area (Å²) in [5.41, 5.74) is 1.80. The summed E-state index contributed by atoms with van der Waals surface area (Å²) in [4.78, 5) is 14.8. The lowest BCUT2D eigenvalue weighted by atomic mass is 9.79. The van der Waals surface area contributed by atoms with Crippen LogP contribution in [-0.2, 0) is 16.9 Å². The van der Waals surface area contributed by atoms with Crippen LogP contribution in [0.25, 0.3) is 0 Å². The molecule has 0 aliphatic carbocycles. The zero-order chi connectivity index (χ0) is 20.1. The molecule has 29 heavy (non-hydrogen) atoms. The molecular weight excluding hydrogens is 362 g/mol. The third-order valence-electron chi connectivity index (χ3n) is 5.69. The number of nitrogens with zero attached hydrogens (tertiary/aromatic N) is 1. The molecule has 0 radical (unpaired) electrons. The lowest BCUT2D eigenvalue weighted by molar-refractivity contribution is -0.0163. The van der Waals surface area contributed by atoms with E-state index in [0.717, 1.165) is 23.1 Å². The molecule has 0 bridgehead atoms. The second-order valence-corrected chi connectivity index (χ2v) is 7.40. The molecule has 1 N–H and O–H groups in total. The van der Waals surface area contributed by atoms with E-state index in [1.807, 2.05) is 91.0 Å². The Labute approximate surface area is 171 Å². The molecular formula is C25H25NO3. The van der Waals surface area contributed by atoms with Crippen LogP contribution >= 0.6 is 0 Å². The number of ether oxygens (including phenoxy) is 1. The summed E-state index contributed by atoms with van der Waals surface area (Å²) >= 11 is 0. The van der Waals surface area contributed by atoms with Gasteiger partial charge in [-0.1, -0.05) is 91.0 Å². The van der Waals surface area contributed by atoms with E-state index in [-0.39, 0.29) is 6.61 Å². The Morgan fingerprint density at radius 2 is 1.52 bits per heavy atom. The van der Waals surface area contributed by atoms with E-state index in [1.165, 1.54) is 0 Å². The van der Waals surface area contributed by atoms with Gasteiger partial charge in [0, 0.05) is 6.54 Å². The first-order valence-electron chi connectivity index (χ1n) is 9.99. The minimum atomic E-state index is -0.851. The zero-order valence-electron chi connectivity index (χ0n) is 16.3. The molecule has 1 aliphatic rings. The smallest absolute Gasteiger partial charge is 0.410 e. The van der Waals surface area contributed by atoms with Gasteiger partial charge in [0.25, 0.3) is 0 Å². The van der Waals surface area contributed by atoms with Gasteiger partial charge >= 0.3 is 6.09 Å². The number of aliphatic hydroxyl groups is 1. The van der Waals surface area contributed by atoms with Crippen molar-refractivity contribution in [2.24, 2.45) is 0 Å². The van der Waals surface area contributed by atoms with Crippen molar-refractivity contribution < 1.29 is 14.6 Å². The monoisotopic (exact) mass is 387 g/mol. The van der Waals surface area contributed by atoms with E-state index in [4.69, 9.17) is 4.74 Å². The normalized spacial score (nSPS) is 19.7. The maximum atomic E-state index is 13.1. The Morgan fingerprint density at radius 1 is 0.931 bits per heavy atom. The van der Waals surface area contributed by atoms with Crippen LogP contribution in [-0.4, -0.2) is 22.6 Å². The Hall–Kier alpha value is -3.11. The van der Waals surface area contributed by atoms with Crippen molar-refractivity contribution in [1.29, 1.82) is 0 Å². The van der Waals surface area contributed by atoms with Crippen LogP contribution in [0, 0.1) is 0 Å². The van der Waals surface area contributed by atoms with E-state index in [0.29, 0.717) is 13.0 Å². The van der Waals surface area contributed by atoms with Gasteiger partial charge in [-0.2, -0.15) is 0 Å². The summed E-state index contributed by atoms with van der Waals surface area (Å²) < 4.78 is 5.65. The van der Waals surface area contributed by atoms with Crippen LogP contribution in [0.2, 0.25) is 0 Å². The first kappa shape index (κ1) is 19.2. The largest absolute Gasteiger partial charge is 0.445 e. The van der Waals surface area contributed by atoms with Crippen molar-refractivity contribution in [1.82, 2.24) is 4.90 Å². The van der Waals surface area contributed by atoms with Gasteiger partial charge in [0.05, 0.1) is 0 Å². The summed E-state index contributed by atoms with van der Waals surface area (Å²) in [6, 6.07) is 29.0. The third-order valence-corrected chi connectivity index (χ3v) is 5.69. The van der Waals surface area contributed by atoms with Crippen molar-refractivity contribution in [2.45, 2.75) is 31.1 Å². The zero-order valence-corrected chi connectivity index (χ0v) is 16.3. The topological polar surface area (TPSA) is 49.8 Å². The standard InChI is InChI=1S/C25H25NO3/c27-23(21-13-6-2-7-14-21)25(22-15-8-3-9-16-22)17-10-18-26(25)24(28)29-19-20-11-4-1-5-12-20/h1-9,11-16,23,27H,10,17-19H2/t23?,25-/m1/s1. The SMILES string of the molecule is O=C(OCc1ccccc1)N1CCC[C@@]1(c1ccccc1)C(O)c1ccccc1. The molecule has 1 unspecified atom stereocenters. The number of rotatable bonds is 5. The summed E-state index contributed by atoms with van der Waals surface area (Å²) in [6.45, 7) is 0.759. The molecule has 4 nitrogen and oxygen atoms in total. The second-order valence-electron chi connectivity index (χ2n) is 7.40. The van der Waals surface area contributed by atoms with E-state index in [2.05, 4.69) is 0 Å². The quantitative estimate of drug-likeness (QED) is 0.667. The predicted molar refractivity (Wildman–Crippen MR) is 112 cm³/mol. The van der Waals surface area contributed by atoms with Gasteiger partial charge in [-0.05, 0) is 29.5 Å². The molecule has 1 amide bonds. The first-order valence-corrected chi connectivity index (χ1v) is 9.99. The van der Waals surface area contributed by atoms with Gasteiger partial charge in [0.1, 0.15) is 18.2 Å². The summed E-state index contributed by atoms with van der Waals surface area (Å²) in [6.07, 6.45) is 0.232. The van der Waals surface area contributed by atoms with Crippen molar-refractivity contribution >= 4 is 6.09 Å².